The van der Waals surface area contributed by atoms with Crippen LogP contribution in [0, 0.1) is 13.8 Å². The second-order valence-electron chi connectivity index (χ2n) is 7.65. The highest BCUT2D eigenvalue weighted by Crippen LogP contribution is 2.32. The molecule has 2 aromatic heterocycles. The van der Waals surface area contributed by atoms with E-state index < -0.39 is 24.3 Å². The Bertz CT molecular complexity index is 1230. The molecule has 3 rings (SSSR count). The van der Waals surface area contributed by atoms with Crippen molar-refractivity contribution in [3.8, 4) is 5.75 Å². The topological polar surface area (TPSA) is 112 Å². The number of hydrogen-bond acceptors (Lipinski definition) is 7. The first-order valence-electron chi connectivity index (χ1n) is 10.7. The molecule has 0 fully saturated rings. The van der Waals surface area contributed by atoms with Crippen LogP contribution in [0.15, 0.2) is 24.4 Å². The van der Waals surface area contributed by atoms with E-state index in [4.69, 9.17) is 0 Å². The number of alkyl halides is 3. The summed E-state index contributed by atoms with van der Waals surface area (Å²) in [6.07, 6.45) is -3.42. The fraction of sp³-hybridized carbons (Fsp3) is 0.364. The molecule has 0 aliphatic carbocycles. The summed E-state index contributed by atoms with van der Waals surface area (Å²) in [6.45, 7) is 7.41. The number of thiazole rings is 1. The van der Waals surface area contributed by atoms with Crippen molar-refractivity contribution in [2.75, 3.05) is 23.7 Å². The van der Waals surface area contributed by atoms with Crippen molar-refractivity contribution >= 4 is 39.8 Å². The highest BCUT2D eigenvalue weighted by atomic mass is 32.1. The van der Waals surface area contributed by atoms with Gasteiger partial charge in [-0.15, -0.1) is 0 Å². The zero-order valence-electron chi connectivity index (χ0n) is 19.5. The number of anilines is 3. The van der Waals surface area contributed by atoms with Crippen molar-refractivity contribution in [3.63, 3.8) is 0 Å². The number of nitrogens with one attached hydrogen (secondary N) is 2. The molecule has 0 spiro atoms. The van der Waals surface area contributed by atoms with Gasteiger partial charge < -0.3 is 20.6 Å². The van der Waals surface area contributed by atoms with Gasteiger partial charge in [0.15, 0.2) is 10.8 Å². The number of aromatic nitrogens is 3. The number of aryl methyl sites for hydroxylation is 1. The number of phenolic OH excluding ortho intramolecular Hbond substituents is 1. The largest absolute Gasteiger partial charge is 0.508 e. The van der Waals surface area contributed by atoms with Gasteiger partial charge in [0.25, 0.3) is 5.91 Å². The summed E-state index contributed by atoms with van der Waals surface area (Å²) < 4.78 is 40.8. The molecule has 0 radical (unpaired) electrons. The Morgan fingerprint density at radius 1 is 1.20 bits per heavy atom. The SMILES string of the molecule is CCN(CC)C(=O)Cn1nc(C(F)(F)F)cc1Nc1ncc(C(=O)Nc2c(C)ccc(O)c2C)s1. The molecule has 35 heavy (non-hydrogen) atoms. The van der Waals surface area contributed by atoms with Gasteiger partial charge in [0, 0.05) is 24.7 Å². The summed E-state index contributed by atoms with van der Waals surface area (Å²) in [4.78, 5) is 30.9. The van der Waals surface area contributed by atoms with E-state index in [0.717, 1.165) is 27.6 Å². The first-order valence-corrected chi connectivity index (χ1v) is 11.5. The Hall–Kier alpha value is -3.61. The van der Waals surface area contributed by atoms with Crippen molar-refractivity contribution in [1.29, 1.82) is 0 Å². The number of rotatable bonds is 8. The number of hydrogen-bond donors (Lipinski definition) is 3. The van der Waals surface area contributed by atoms with Crippen LogP contribution < -0.4 is 10.6 Å². The third-order valence-corrected chi connectivity index (χ3v) is 6.23. The molecular weight excluding hydrogens is 485 g/mol. The van der Waals surface area contributed by atoms with E-state index in [2.05, 4.69) is 20.7 Å². The molecule has 0 aliphatic heterocycles. The highest BCUT2D eigenvalue weighted by molar-refractivity contribution is 7.17. The number of benzene rings is 1. The lowest BCUT2D eigenvalue weighted by Gasteiger charge is -2.19. The van der Waals surface area contributed by atoms with E-state index >= 15 is 0 Å². The van der Waals surface area contributed by atoms with Gasteiger partial charge in [-0.3, -0.25) is 9.59 Å². The van der Waals surface area contributed by atoms with Gasteiger partial charge in [-0.05, 0) is 39.3 Å². The first-order chi connectivity index (χ1) is 16.4. The summed E-state index contributed by atoms with van der Waals surface area (Å²) in [5.41, 5.74) is 0.554. The van der Waals surface area contributed by atoms with Crippen LogP contribution in [0.2, 0.25) is 0 Å². The van der Waals surface area contributed by atoms with E-state index in [1.54, 1.807) is 33.8 Å². The molecule has 2 amide bonds. The van der Waals surface area contributed by atoms with E-state index in [9.17, 15) is 27.9 Å². The number of aromatic hydroxyl groups is 1. The van der Waals surface area contributed by atoms with Gasteiger partial charge in [-0.25, -0.2) is 9.67 Å². The third kappa shape index (κ3) is 5.91. The van der Waals surface area contributed by atoms with Gasteiger partial charge >= 0.3 is 6.18 Å². The second-order valence-corrected chi connectivity index (χ2v) is 8.68. The van der Waals surface area contributed by atoms with Crippen molar-refractivity contribution in [1.82, 2.24) is 19.7 Å². The smallest absolute Gasteiger partial charge is 0.435 e. The minimum Gasteiger partial charge on any atom is -0.508 e. The maximum atomic E-state index is 13.3. The first kappa shape index (κ1) is 26.0. The van der Waals surface area contributed by atoms with E-state index in [1.807, 2.05) is 0 Å². The Labute approximate surface area is 203 Å². The lowest BCUT2D eigenvalue weighted by Crippen LogP contribution is -2.34. The molecule has 0 saturated heterocycles. The molecule has 188 valence electrons. The standard InChI is InChI=1S/C22H25F3N6O3S/c1-5-30(6-2)18(33)11-31-17(9-16(29-31)22(23,24)25)27-21-26-10-15(35-21)20(34)28-19-12(3)7-8-14(32)13(19)4/h7-10,32H,5-6,11H2,1-4H3,(H,26,27)(H,28,34). The maximum Gasteiger partial charge on any atom is 0.435 e. The Balaban J connectivity index is 1.83. The summed E-state index contributed by atoms with van der Waals surface area (Å²) in [5.74, 6) is -0.927. The van der Waals surface area contributed by atoms with E-state index in [-0.39, 0.29) is 27.5 Å². The predicted octanol–water partition coefficient (Wildman–Crippen LogP) is 4.55. The lowest BCUT2D eigenvalue weighted by molar-refractivity contribution is -0.142. The molecule has 0 saturated carbocycles. The van der Waals surface area contributed by atoms with Crippen molar-refractivity contribution < 1.29 is 27.9 Å². The summed E-state index contributed by atoms with van der Waals surface area (Å²) in [6, 6.07) is 3.98. The van der Waals surface area contributed by atoms with Crippen molar-refractivity contribution in [3.05, 3.63) is 46.1 Å². The number of carbonyl (C=O) groups excluding carboxylic acids is 2. The van der Waals surface area contributed by atoms with Gasteiger partial charge in [0.05, 0.1) is 11.9 Å². The number of amides is 2. The minimum absolute atomic E-state index is 0.0329. The lowest BCUT2D eigenvalue weighted by atomic mass is 10.1. The quantitative estimate of drug-likeness (QED) is 0.410. The van der Waals surface area contributed by atoms with E-state index in [1.165, 1.54) is 17.2 Å². The second kappa shape index (κ2) is 10.3. The van der Waals surface area contributed by atoms with Crippen LogP contribution in [-0.4, -0.2) is 49.7 Å². The minimum atomic E-state index is -4.70. The Kier molecular flexibility index (Phi) is 7.68. The molecule has 3 N–H and O–H groups in total. The van der Waals surface area contributed by atoms with Crippen LogP contribution in [0.3, 0.4) is 0 Å². The maximum absolute atomic E-state index is 13.3. The average Bonchev–Trinajstić information content (AvgIpc) is 3.42. The zero-order chi connectivity index (χ0) is 25.9. The Morgan fingerprint density at radius 3 is 2.51 bits per heavy atom. The van der Waals surface area contributed by atoms with Crippen LogP contribution >= 0.6 is 11.3 Å². The summed E-state index contributed by atoms with van der Waals surface area (Å²) in [7, 11) is 0. The molecule has 9 nitrogen and oxygen atoms in total. The van der Waals surface area contributed by atoms with E-state index in [0.29, 0.717) is 24.3 Å². The highest BCUT2D eigenvalue weighted by Gasteiger charge is 2.35. The van der Waals surface area contributed by atoms with Gasteiger partial charge in [-0.1, -0.05) is 17.4 Å². The molecule has 0 aliphatic rings. The van der Waals surface area contributed by atoms with Crippen LogP contribution in [0.5, 0.6) is 5.75 Å². The molecule has 0 atom stereocenters. The molecule has 0 bridgehead atoms. The molecule has 3 aromatic rings. The normalized spacial score (nSPS) is 11.4. The fourth-order valence-corrected chi connectivity index (χ4v) is 4.05. The fourth-order valence-electron chi connectivity index (χ4n) is 3.33. The molecule has 1 aromatic carbocycles. The molecule has 0 unspecified atom stereocenters. The Morgan fingerprint density at radius 2 is 1.89 bits per heavy atom. The van der Waals surface area contributed by atoms with Crippen LogP contribution in [0.4, 0.5) is 29.8 Å². The van der Waals surface area contributed by atoms with Gasteiger partial charge in [0.2, 0.25) is 5.91 Å². The number of likely N-dealkylation sites (N-methyl/N-ethyl adjacent to an activating group) is 1. The molecule has 2 heterocycles. The third-order valence-electron chi connectivity index (χ3n) is 5.32. The monoisotopic (exact) mass is 510 g/mol. The number of halogens is 3. The molecule has 13 heteroatoms. The van der Waals surface area contributed by atoms with Gasteiger partial charge in [0.1, 0.15) is 23.0 Å². The summed E-state index contributed by atoms with van der Waals surface area (Å²) >= 11 is 0.916. The van der Waals surface area contributed by atoms with Crippen molar-refractivity contribution in [2.45, 2.75) is 40.4 Å². The predicted molar refractivity (Wildman–Crippen MR) is 126 cm³/mol. The zero-order valence-corrected chi connectivity index (χ0v) is 20.3. The van der Waals surface area contributed by atoms with Crippen LogP contribution in [0.1, 0.15) is 40.3 Å². The average molecular weight is 511 g/mol. The number of nitrogens with zero attached hydrogens (tertiary/aromatic N) is 4. The van der Waals surface area contributed by atoms with Crippen molar-refractivity contribution in [2.24, 2.45) is 0 Å². The number of carbonyl (C=O) groups is 2. The van der Waals surface area contributed by atoms with Crippen LogP contribution in [0.25, 0.3) is 0 Å². The molecular formula is C22H25F3N6O3S. The number of phenols is 1. The summed E-state index contributed by atoms with van der Waals surface area (Å²) in [5, 5.41) is 19.1. The van der Waals surface area contributed by atoms with Gasteiger partial charge in [-0.2, -0.15) is 18.3 Å². The van der Waals surface area contributed by atoms with Crippen LogP contribution in [-0.2, 0) is 17.5 Å².